The maximum atomic E-state index is 11.8. The summed E-state index contributed by atoms with van der Waals surface area (Å²) in [6.45, 7) is 2.32. The summed E-state index contributed by atoms with van der Waals surface area (Å²) in [5.74, 6) is -0.107. The Balaban J connectivity index is 1.85. The van der Waals surface area contributed by atoms with Gasteiger partial charge in [0.2, 0.25) is 0 Å². The summed E-state index contributed by atoms with van der Waals surface area (Å²) < 4.78 is 6.20. The summed E-state index contributed by atoms with van der Waals surface area (Å²) >= 11 is 3.38. The Labute approximate surface area is 127 Å². The fourth-order valence-electron chi connectivity index (χ4n) is 1.86. The molecule has 0 spiro atoms. The molecule has 1 aromatic carbocycles. The molecule has 1 atom stereocenters. The van der Waals surface area contributed by atoms with Gasteiger partial charge in [0.25, 0.3) is 0 Å². The second-order valence-electron chi connectivity index (χ2n) is 4.69. The Kier molecular flexibility index (Phi) is 5.30. The van der Waals surface area contributed by atoms with Gasteiger partial charge in [-0.05, 0) is 39.0 Å². The molecule has 20 heavy (non-hydrogen) atoms. The third-order valence-electron chi connectivity index (χ3n) is 3.01. The van der Waals surface area contributed by atoms with Crippen molar-refractivity contribution in [2.45, 2.75) is 25.9 Å². The van der Waals surface area contributed by atoms with Gasteiger partial charge < -0.3 is 4.74 Å². The van der Waals surface area contributed by atoms with Crippen molar-refractivity contribution in [1.82, 2.24) is 4.98 Å². The van der Waals surface area contributed by atoms with Crippen LogP contribution in [0.2, 0.25) is 0 Å². The molecule has 0 aliphatic heterocycles. The minimum atomic E-state index is -0.193. The van der Waals surface area contributed by atoms with Gasteiger partial charge in [-0.3, -0.25) is 9.78 Å². The van der Waals surface area contributed by atoms with Crippen LogP contribution < -0.4 is 0 Å². The second kappa shape index (κ2) is 7.20. The molecule has 1 aromatic heterocycles. The molecule has 2 aromatic rings. The first-order valence-corrected chi connectivity index (χ1v) is 7.24. The number of pyridine rings is 1. The number of halogens is 1. The number of carbonyl (C=O) groups is 1. The predicted molar refractivity (Wildman–Crippen MR) is 81.2 cm³/mol. The Hall–Kier alpha value is -1.68. The van der Waals surface area contributed by atoms with Gasteiger partial charge in [-0.15, -0.1) is 0 Å². The van der Waals surface area contributed by atoms with Crippen LogP contribution in [0.5, 0.6) is 0 Å². The first-order chi connectivity index (χ1) is 9.65. The minimum absolute atomic E-state index is 0.0864. The van der Waals surface area contributed by atoms with Crippen molar-refractivity contribution in [3.8, 4) is 0 Å². The number of hydrogen-bond acceptors (Lipinski definition) is 3. The summed E-state index contributed by atoms with van der Waals surface area (Å²) in [5, 5.41) is 0. The number of nitrogens with zero attached hydrogens (tertiary/aromatic N) is 1. The lowest BCUT2D eigenvalue weighted by molar-refractivity contribution is -0.145. The van der Waals surface area contributed by atoms with E-state index in [1.54, 1.807) is 12.4 Å². The topological polar surface area (TPSA) is 39.2 Å². The molecular weight excluding hydrogens is 318 g/mol. The number of ether oxygens (including phenoxy) is 1. The summed E-state index contributed by atoms with van der Waals surface area (Å²) in [7, 11) is 0. The molecule has 0 saturated heterocycles. The third-order valence-corrected chi connectivity index (χ3v) is 3.44. The summed E-state index contributed by atoms with van der Waals surface area (Å²) in [6, 6.07) is 11.7. The van der Waals surface area contributed by atoms with Crippen molar-refractivity contribution < 1.29 is 9.53 Å². The maximum absolute atomic E-state index is 11.8. The molecule has 0 bridgehead atoms. The molecule has 3 nitrogen and oxygen atoms in total. The van der Waals surface area contributed by atoms with E-state index in [1.165, 1.54) is 0 Å². The van der Waals surface area contributed by atoms with Crippen molar-refractivity contribution in [3.63, 3.8) is 0 Å². The second-order valence-corrected chi connectivity index (χ2v) is 5.60. The van der Waals surface area contributed by atoms with E-state index in [0.717, 1.165) is 15.6 Å². The van der Waals surface area contributed by atoms with Crippen LogP contribution in [0.25, 0.3) is 0 Å². The molecule has 0 aliphatic rings. The molecule has 0 aliphatic carbocycles. The Morgan fingerprint density at radius 3 is 2.75 bits per heavy atom. The highest BCUT2D eigenvalue weighted by atomic mass is 79.9. The van der Waals surface area contributed by atoms with Gasteiger partial charge in [0, 0.05) is 16.9 Å². The molecule has 104 valence electrons. The van der Waals surface area contributed by atoms with Gasteiger partial charge in [-0.2, -0.15) is 0 Å². The predicted octanol–water partition coefficient (Wildman–Crippen LogP) is 4.08. The lowest BCUT2D eigenvalue weighted by Crippen LogP contribution is -2.09. The Morgan fingerprint density at radius 1 is 1.30 bits per heavy atom. The van der Waals surface area contributed by atoms with Crippen molar-refractivity contribution in [3.05, 3.63) is 64.4 Å². The zero-order valence-corrected chi connectivity index (χ0v) is 12.8. The molecule has 0 fully saturated rings. The van der Waals surface area contributed by atoms with Gasteiger partial charge in [-0.1, -0.05) is 37.3 Å². The molecule has 4 heteroatoms. The molecule has 0 saturated carbocycles. The van der Waals surface area contributed by atoms with Crippen LogP contribution in [-0.2, 0) is 16.1 Å². The van der Waals surface area contributed by atoms with Crippen LogP contribution in [0, 0.1) is 0 Å². The smallest absolute Gasteiger partial charge is 0.306 e. The van der Waals surface area contributed by atoms with Crippen LogP contribution in [0.1, 0.15) is 30.4 Å². The SMILES string of the molecule is CC(CC(=O)OCc1ccccc1)c1cncc(Br)c1. The number of aromatic nitrogens is 1. The van der Waals surface area contributed by atoms with Crippen molar-refractivity contribution >= 4 is 21.9 Å². The molecule has 1 unspecified atom stereocenters. The minimum Gasteiger partial charge on any atom is -0.461 e. The summed E-state index contributed by atoms with van der Waals surface area (Å²) in [6.07, 6.45) is 3.86. The van der Waals surface area contributed by atoms with Crippen LogP contribution in [0.3, 0.4) is 0 Å². The van der Waals surface area contributed by atoms with Crippen molar-refractivity contribution in [2.75, 3.05) is 0 Å². The van der Waals surface area contributed by atoms with E-state index in [4.69, 9.17) is 4.74 Å². The molecule has 2 rings (SSSR count). The van der Waals surface area contributed by atoms with Gasteiger partial charge >= 0.3 is 5.97 Å². The van der Waals surface area contributed by atoms with E-state index in [0.29, 0.717) is 13.0 Å². The number of carbonyl (C=O) groups excluding carboxylic acids is 1. The molecule has 1 heterocycles. The highest BCUT2D eigenvalue weighted by molar-refractivity contribution is 9.10. The van der Waals surface area contributed by atoms with Gasteiger partial charge in [0.05, 0.1) is 6.42 Å². The van der Waals surface area contributed by atoms with E-state index >= 15 is 0 Å². The van der Waals surface area contributed by atoms with Crippen LogP contribution in [0.4, 0.5) is 0 Å². The number of esters is 1. The van der Waals surface area contributed by atoms with Crippen LogP contribution in [-0.4, -0.2) is 11.0 Å². The van der Waals surface area contributed by atoms with Crippen molar-refractivity contribution in [2.24, 2.45) is 0 Å². The van der Waals surface area contributed by atoms with E-state index in [9.17, 15) is 4.79 Å². The third kappa shape index (κ3) is 4.46. The Bertz CT molecular complexity index is 572. The van der Waals surface area contributed by atoms with E-state index in [-0.39, 0.29) is 11.9 Å². The van der Waals surface area contributed by atoms with Gasteiger partial charge in [-0.25, -0.2) is 0 Å². The largest absolute Gasteiger partial charge is 0.461 e. The molecule has 0 amide bonds. The zero-order chi connectivity index (χ0) is 14.4. The number of benzene rings is 1. The lowest BCUT2D eigenvalue weighted by atomic mass is 10.00. The normalized spacial score (nSPS) is 11.9. The lowest BCUT2D eigenvalue weighted by Gasteiger charge is -2.11. The number of hydrogen-bond donors (Lipinski definition) is 0. The van der Waals surface area contributed by atoms with Crippen LogP contribution >= 0.6 is 15.9 Å². The maximum Gasteiger partial charge on any atom is 0.306 e. The summed E-state index contributed by atoms with van der Waals surface area (Å²) in [5.41, 5.74) is 2.02. The van der Waals surface area contributed by atoms with Crippen LogP contribution in [0.15, 0.2) is 53.3 Å². The van der Waals surface area contributed by atoms with Crippen molar-refractivity contribution in [1.29, 1.82) is 0 Å². The van der Waals surface area contributed by atoms with E-state index in [2.05, 4.69) is 20.9 Å². The molecular formula is C16H16BrNO2. The van der Waals surface area contributed by atoms with Gasteiger partial charge in [0.15, 0.2) is 0 Å². The fourth-order valence-corrected chi connectivity index (χ4v) is 2.25. The summed E-state index contributed by atoms with van der Waals surface area (Å²) in [4.78, 5) is 15.9. The average molecular weight is 334 g/mol. The fraction of sp³-hybridized carbons (Fsp3) is 0.250. The highest BCUT2D eigenvalue weighted by Gasteiger charge is 2.13. The van der Waals surface area contributed by atoms with E-state index in [1.807, 2.05) is 43.3 Å². The first kappa shape index (κ1) is 14.7. The molecule has 0 N–H and O–H groups in total. The van der Waals surface area contributed by atoms with E-state index < -0.39 is 0 Å². The quantitative estimate of drug-likeness (QED) is 0.774. The standard InChI is InChI=1S/C16H16BrNO2/c1-12(14-8-15(17)10-18-9-14)7-16(19)20-11-13-5-3-2-4-6-13/h2-6,8-10,12H,7,11H2,1H3. The average Bonchev–Trinajstić information content (AvgIpc) is 2.46. The number of rotatable bonds is 5. The zero-order valence-electron chi connectivity index (χ0n) is 11.3. The first-order valence-electron chi connectivity index (χ1n) is 6.45. The molecule has 0 radical (unpaired) electrons. The highest BCUT2D eigenvalue weighted by Crippen LogP contribution is 2.21. The Morgan fingerprint density at radius 2 is 2.05 bits per heavy atom. The monoisotopic (exact) mass is 333 g/mol. The van der Waals surface area contributed by atoms with Gasteiger partial charge in [0.1, 0.15) is 6.61 Å².